The van der Waals surface area contributed by atoms with E-state index in [0.717, 1.165) is 18.7 Å². The minimum absolute atomic E-state index is 0.724. The molecule has 0 atom stereocenters. The van der Waals surface area contributed by atoms with E-state index in [-0.39, 0.29) is 0 Å². The molecule has 0 saturated carbocycles. The molecule has 0 aliphatic heterocycles. The van der Waals surface area contributed by atoms with E-state index in [1.165, 1.54) is 5.56 Å². The van der Waals surface area contributed by atoms with Crippen molar-refractivity contribution in [3.05, 3.63) is 29.8 Å². The largest absolute Gasteiger partial charge is 0.374 e. The Kier molecular flexibility index (Phi) is 3.92. The van der Waals surface area contributed by atoms with Gasteiger partial charge in [0.05, 0.1) is 6.54 Å². The highest BCUT2D eigenvalue weighted by atomic mass is 14.8. The van der Waals surface area contributed by atoms with Crippen LogP contribution in [0.2, 0.25) is 0 Å². The number of hydrogen-bond donors (Lipinski definition) is 1. The van der Waals surface area contributed by atoms with Crippen LogP contribution in [0, 0.1) is 11.8 Å². The molecule has 1 heteroatoms. The van der Waals surface area contributed by atoms with E-state index in [4.69, 9.17) is 0 Å². The summed E-state index contributed by atoms with van der Waals surface area (Å²) in [5.74, 6) is 5.81. The second-order valence-corrected chi connectivity index (χ2v) is 2.83. The zero-order chi connectivity index (χ0) is 9.52. The molecule has 0 bridgehead atoms. The molecule has 0 aliphatic rings. The van der Waals surface area contributed by atoms with E-state index in [9.17, 15) is 0 Å². The van der Waals surface area contributed by atoms with Gasteiger partial charge in [-0.3, -0.25) is 0 Å². The summed E-state index contributed by atoms with van der Waals surface area (Å²) >= 11 is 0. The summed E-state index contributed by atoms with van der Waals surface area (Å²) in [6.07, 6.45) is 1.09. The van der Waals surface area contributed by atoms with Crippen LogP contribution >= 0.6 is 0 Å². The lowest BCUT2D eigenvalue weighted by Gasteiger charge is -2.02. The minimum atomic E-state index is 0.724. The first-order valence-electron chi connectivity index (χ1n) is 4.59. The van der Waals surface area contributed by atoms with Crippen molar-refractivity contribution in [1.29, 1.82) is 0 Å². The van der Waals surface area contributed by atoms with Crippen molar-refractivity contribution in [2.75, 3.05) is 11.9 Å². The molecular weight excluding hydrogens is 158 g/mol. The molecule has 1 nitrogen and oxygen atoms in total. The molecule has 1 N–H and O–H groups in total. The number of anilines is 1. The Labute approximate surface area is 80.2 Å². The van der Waals surface area contributed by atoms with Gasteiger partial charge in [-0.05, 0) is 31.0 Å². The highest BCUT2D eigenvalue weighted by molar-refractivity contribution is 5.45. The van der Waals surface area contributed by atoms with Crippen molar-refractivity contribution in [3.8, 4) is 11.8 Å². The predicted octanol–water partition coefficient (Wildman–Crippen LogP) is 2.68. The van der Waals surface area contributed by atoms with E-state index in [1.807, 2.05) is 6.92 Å². The van der Waals surface area contributed by atoms with E-state index in [1.54, 1.807) is 0 Å². The number of aryl methyl sites for hydroxylation is 1. The normalized spacial score (nSPS) is 8.77. The van der Waals surface area contributed by atoms with Crippen molar-refractivity contribution in [3.63, 3.8) is 0 Å². The van der Waals surface area contributed by atoms with Gasteiger partial charge in [0.2, 0.25) is 0 Å². The quantitative estimate of drug-likeness (QED) is 0.693. The number of benzene rings is 1. The molecule has 68 valence electrons. The van der Waals surface area contributed by atoms with Gasteiger partial charge >= 0.3 is 0 Å². The molecule has 0 saturated heterocycles. The highest BCUT2D eigenvalue weighted by Crippen LogP contribution is 2.08. The minimum Gasteiger partial charge on any atom is -0.374 e. The fourth-order valence-electron chi connectivity index (χ4n) is 1.09. The SMILES string of the molecule is CC#CCNc1ccc(CC)cc1. The molecule has 0 radical (unpaired) electrons. The first-order valence-corrected chi connectivity index (χ1v) is 4.59. The lowest BCUT2D eigenvalue weighted by molar-refractivity contribution is 1.14. The van der Waals surface area contributed by atoms with Gasteiger partial charge in [-0.25, -0.2) is 0 Å². The molecule has 0 spiro atoms. The van der Waals surface area contributed by atoms with Gasteiger partial charge in [0.1, 0.15) is 0 Å². The van der Waals surface area contributed by atoms with Crippen LogP contribution in [0.1, 0.15) is 19.4 Å². The van der Waals surface area contributed by atoms with Gasteiger partial charge in [-0.15, -0.1) is 5.92 Å². The van der Waals surface area contributed by atoms with Crippen LogP contribution in [-0.4, -0.2) is 6.54 Å². The molecule has 0 fully saturated rings. The molecule has 1 aromatic carbocycles. The topological polar surface area (TPSA) is 12.0 Å². The summed E-state index contributed by atoms with van der Waals surface area (Å²) in [5, 5.41) is 3.22. The van der Waals surface area contributed by atoms with Crippen molar-refractivity contribution < 1.29 is 0 Å². The Balaban J connectivity index is 2.52. The Bertz CT molecular complexity index is 300. The maximum absolute atomic E-state index is 3.22. The summed E-state index contributed by atoms with van der Waals surface area (Å²) < 4.78 is 0. The van der Waals surface area contributed by atoms with Crippen LogP contribution in [0.15, 0.2) is 24.3 Å². The van der Waals surface area contributed by atoms with Gasteiger partial charge in [0.15, 0.2) is 0 Å². The van der Waals surface area contributed by atoms with Gasteiger partial charge in [0.25, 0.3) is 0 Å². The second-order valence-electron chi connectivity index (χ2n) is 2.83. The first-order chi connectivity index (χ1) is 6.36. The molecule has 0 amide bonds. The summed E-state index contributed by atoms with van der Waals surface area (Å²) in [5.41, 5.74) is 2.51. The Hall–Kier alpha value is -1.42. The van der Waals surface area contributed by atoms with Gasteiger partial charge in [0, 0.05) is 5.69 Å². The average molecular weight is 173 g/mol. The fourth-order valence-corrected chi connectivity index (χ4v) is 1.09. The maximum Gasteiger partial charge on any atom is 0.0765 e. The molecule has 0 unspecified atom stereocenters. The van der Waals surface area contributed by atoms with Crippen molar-refractivity contribution in [2.45, 2.75) is 20.3 Å². The fraction of sp³-hybridized carbons (Fsp3) is 0.333. The van der Waals surface area contributed by atoms with Crippen LogP contribution in [0.5, 0.6) is 0 Å². The molecule has 0 heterocycles. The average Bonchev–Trinajstić information content (AvgIpc) is 2.19. The van der Waals surface area contributed by atoms with E-state index in [2.05, 4.69) is 48.3 Å². The van der Waals surface area contributed by atoms with Crippen molar-refractivity contribution >= 4 is 5.69 Å². The summed E-state index contributed by atoms with van der Waals surface area (Å²) in [4.78, 5) is 0. The van der Waals surface area contributed by atoms with Crippen molar-refractivity contribution in [2.24, 2.45) is 0 Å². The molecule has 0 aromatic heterocycles. The molecule has 1 rings (SSSR count). The Morgan fingerprint density at radius 2 is 1.92 bits per heavy atom. The maximum atomic E-state index is 3.22. The third-order valence-electron chi connectivity index (χ3n) is 1.92. The monoisotopic (exact) mass is 173 g/mol. The second kappa shape index (κ2) is 5.27. The summed E-state index contributed by atoms with van der Waals surface area (Å²) in [6, 6.07) is 8.47. The third kappa shape index (κ3) is 3.21. The van der Waals surface area contributed by atoms with E-state index in [0.29, 0.717) is 0 Å². The number of rotatable bonds is 3. The lowest BCUT2D eigenvalue weighted by atomic mass is 10.1. The zero-order valence-electron chi connectivity index (χ0n) is 8.22. The van der Waals surface area contributed by atoms with Crippen molar-refractivity contribution in [1.82, 2.24) is 0 Å². The van der Waals surface area contributed by atoms with Crippen LogP contribution in [0.3, 0.4) is 0 Å². The third-order valence-corrected chi connectivity index (χ3v) is 1.92. The lowest BCUT2D eigenvalue weighted by Crippen LogP contribution is -1.98. The van der Waals surface area contributed by atoms with Crippen LogP contribution in [-0.2, 0) is 6.42 Å². The molecule has 1 aromatic rings. The molecular formula is C12H15N. The van der Waals surface area contributed by atoms with Crippen LogP contribution in [0.25, 0.3) is 0 Å². The van der Waals surface area contributed by atoms with E-state index >= 15 is 0 Å². The summed E-state index contributed by atoms with van der Waals surface area (Å²) in [6.45, 7) is 4.73. The van der Waals surface area contributed by atoms with Crippen LogP contribution < -0.4 is 5.32 Å². The van der Waals surface area contributed by atoms with Gasteiger partial charge < -0.3 is 5.32 Å². The predicted molar refractivity (Wildman–Crippen MR) is 57.8 cm³/mol. The summed E-state index contributed by atoms with van der Waals surface area (Å²) in [7, 11) is 0. The number of hydrogen-bond acceptors (Lipinski definition) is 1. The molecule has 13 heavy (non-hydrogen) atoms. The Morgan fingerprint density at radius 3 is 2.46 bits per heavy atom. The van der Waals surface area contributed by atoms with Gasteiger partial charge in [-0.2, -0.15) is 0 Å². The molecule has 0 aliphatic carbocycles. The number of nitrogens with one attached hydrogen (secondary N) is 1. The smallest absolute Gasteiger partial charge is 0.0765 e. The first kappa shape index (κ1) is 9.67. The van der Waals surface area contributed by atoms with E-state index < -0.39 is 0 Å². The van der Waals surface area contributed by atoms with Crippen LogP contribution in [0.4, 0.5) is 5.69 Å². The standard InChI is InChI=1S/C12H15N/c1-3-5-10-13-12-8-6-11(4-2)7-9-12/h6-9,13H,4,10H2,1-2H3. The Morgan fingerprint density at radius 1 is 1.23 bits per heavy atom. The van der Waals surface area contributed by atoms with Gasteiger partial charge in [-0.1, -0.05) is 25.0 Å². The highest BCUT2D eigenvalue weighted by Gasteiger charge is 1.89. The zero-order valence-corrected chi connectivity index (χ0v) is 8.22.